The summed E-state index contributed by atoms with van der Waals surface area (Å²) in [6, 6.07) is 11.0. The smallest absolute Gasteiger partial charge is 0.201 e. The topological polar surface area (TPSA) is 18.5 Å². The maximum absolute atomic E-state index is 14.7. The summed E-state index contributed by atoms with van der Waals surface area (Å²) >= 11 is 0. The third kappa shape index (κ3) is 6.76. The zero-order chi connectivity index (χ0) is 27.2. The predicted octanol–water partition coefficient (Wildman–Crippen LogP) is 9.87. The molecule has 212 valence electrons. The van der Waals surface area contributed by atoms with E-state index < -0.39 is 11.6 Å². The maximum Gasteiger partial charge on any atom is 0.201 e. The second-order valence-electron chi connectivity index (χ2n) is 12.2. The molecule has 2 saturated carbocycles. The molecular formula is C35H46F2O2. The molecule has 0 aromatic heterocycles. The molecule has 2 aromatic rings. The fraction of sp³-hybridized carbons (Fsp3) is 0.600. The molecule has 0 spiro atoms. The van der Waals surface area contributed by atoms with Gasteiger partial charge in [-0.05, 0) is 124 Å². The Bertz CT molecular complexity index is 1070. The van der Waals surface area contributed by atoms with Gasteiger partial charge in [-0.1, -0.05) is 43.3 Å². The van der Waals surface area contributed by atoms with E-state index in [9.17, 15) is 8.78 Å². The van der Waals surface area contributed by atoms with Crippen molar-refractivity contribution in [3.63, 3.8) is 0 Å². The Morgan fingerprint density at radius 3 is 2.08 bits per heavy atom. The van der Waals surface area contributed by atoms with Crippen LogP contribution in [0.4, 0.5) is 8.78 Å². The molecule has 5 rings (SSSR count). The van der Waals surface area contributed by atoms with Gasteiger partial charge < -0.3 is 9.47 Å². The molecule has 0 radical (unpaired) electrons. The summed E-state index contributed by atoms with van der Waals surface area (Å²) in [4.78, 5) is 0. The van der Waals surface area contributed by atoms with Gasteiger partial charge in [0.25, 0.3) is 0 Å². The highest BCUT2D eigenvalue weighted by molar-refractivity contribution is 5.65. The van der Waals surface area contributed by atoms with Crippen molar-refractivity contribution < 1.29 is 18.3 Å². The summed E-state index contributed by atoms with van der Waals surface area (Å²) < 4.78 is 41.0. The first-order chi connectivity index (χ1) is 19.1. The molecule has 1 aliphatic heterocycles. The van der Waals surface area contributed by atoms with E-state index in [4.69, 9.17) is 9.47 Å². The highest BCUT2D eigenvalue weighted by Crippen LogP contribution is 2.44. The molecule has 3 fully saturated rings. The van der Waals surface area contributed by atoms with Crippen molar-refractivity contribution in [1.29, 1.82) is 0 Å². The normalized spacial score (nSPS) is 29.9. The van der Waals surface area contributed by atoms with Crippen LogP contribution in [0.5, 0.6) is 5.75 Å². The molecule has 0 N–H and O–H groups in total. The van der Waals surface area contributed by atoms with Crippen molar-refractivity contribution in [3.05, 3.63) is 65.7 Å². The van der Waals surface area contributed by atoms with Gasteiger partial charge in [-0.2, -0.15) is 4.39 Å². The third-order valence-corrected chi connectivity index (χ3v) is 9.80. The fourth-order valence-corrected chi connectivity index (χ4v) is 7.49. The van der Waals surface area contributed by atoms with E-state index in [2.05, 4.69) is 31.2 Å². The lowest BCUT2D eigenvalue weighted by atomic mass is 9.68. The summed E-state index contributed by atoms with van der Waals surface area (Å²) in [5.41, 5.74) is 2.17. The minimum atomic E-state index is -0.914. The van der Waals surface area contributed by atoms with Crippen molar-refractivity contribution in [3.8, 4) is 16.9 Å². The lowest BCUT2D eigenvalue weighted by Gasteiger charge is -2.41. The average molecular weight is 537 g/mol. The van der Waals surface area contributed by atoms with Crippen LogP contribution in [0.3, 0.4) is 0 Å². The van der Waals surface area contributed by atoms with Crippen LogP contribution in [-0.2, 0) is 4.74 Å². The Hall–Kier alpha value is -2.20. The Kier molecular flexibility index (Phi) is 9.76. The number of hydrogen-bond donors (Lipinski definition) is 0. The van der Waals surface area contributed by atoms with Crippen molar-refractivity contribution in [1.82, 2.24) is 0 Å². The SMILES string of the molecule is C/C=C/C1CCC(C2CCC(C3CCC(c4ccc(-c5ccc(OCCC)c(F)c5F)cc4)CO3)CC2)CC1. The Morgan fingerprint density at radius 2 is 1.46 bits per heavy atom. The molecule has 2 nitrogen and oxygen atoms in total. The van der Waals surface area contributed by atoms with E-state index in [1.54, 1.807) is 6.07 Å². The van der Waals surface area contributed by atoms with Gasteiger partial charge in [-0.15, -0.1) is 0 Å². The summed E-state index contributed by atoms with van der Waals surface area (Å²) in [6.45, 7) is 5.21. The summed E-state index contributed by atoms with van der Waals surface area (Å²) in [7, 11) is 0. The van der Waals surface area contributed by atoms with E-state index in [0.717, 1.165) is 43.6 Å². The van der Waals surface area contributed by atoms with Crippen LogP contribution in [0.1, 0.15) is 96.0 Å². The molecule has 2 aromatic carbocycles. The Labute approximate surface area is 234 Å². The lowest BCUT2D eigenvalue weighted by molar-refractivity contribution is -0.0462. The first-order valence-electron chi connectivity index (χ1n) is 15.5. The van der Waals surface area contributed by atoms with E-state index in [0.29, 0.717) is 30.1 Å². The number of hydrogen-bond acceptors (Lipinski definition) is 2. The molecule has 3 aliphatic rings. The molecule has 39 heavy (non-hydrogen) atoms. The minimum absolute atomic E-state index is 0.0238. The van der Waals surface area contributed by atoms with Crippen LogP contribution >= 0.6 is 0 Å². The van der Waals surface area contributed by atoms with Crippen LogP contribution < -0.4 is 4.74 Å². The summed E-state index contributed by atoms with van der Waals surface area (Å²) in [5, 5.41) is 0. The highest BCUT2D eigenvalue weighted by atomic mass is 19.2. The van der Waals surface area contributed by atoms with Gasteiger partial charge >= 0.3 is 0 Å². The number of ether oxygens (including phenoxy) is 2. The summed E-state index contributed by atoms with van der Waals surface area (Å²) in [6.07, 6.45) is 19.1. The maximum atomic E-state index is 14.7. The highest BCUT2D eigenvalue weighted by Gasteiger charge is 2.35. The minimum Gasteiger partial charge on any atom is -0.490 e. The Morgan fingerprint density at radius 1 is 0.795 bits per heavy atom. The molecular weight excluding hydrogens is 490 g/mol. The molecule has 4 heteroatoms. The molecule has 2 atom stereocenters. The monoisotopic (exact) mass is 536 g/mol. The van der Waals surface area contributed by atoms with E-state index in [1.165, 1.54) is 63.0 Å². The van der Waals surface area contributed by atoms with E-state index in [1.807, 2.05) is 19.1 Å². The quantitative estimate of drug-likeness (QED) is 0.313. The fourth-order valence-electron chi connectivity index (χ4n) is 7.49. The molecule has 0 amide bonds. The van der Waals surface area contributed by atoms with Crippen LogP contribution in [0.25, 0.3) is 11.1 Å². The zero-order valence-corrected chi connectivity index (χ0v) is 23.8. The van der Waals surface area contributed by atoms with Gasteiger partial charge in [-0.25, -0.2) is 4.39 Å². The second-order valence-corrected chi connectivity index (χ2v) is 12.2. The number of benzene rings is 2. The van der Waals surface area contributed by atoms with Gasteiger partial charge in [-0.3, -0.25) is 0 Å². The first-order valence-corrected chi connectivity index (χ1v) is 15.5. The number of allylic oxidation sites excluding steroid dienone is 2. The van der Waals surface area contributed by atoms with Gasteiger partial charge in [0.05, 0.1) is 19.3 Å². The van der Waals surface area contributed by atoms with Gasteiger partial charge in [0.15, 0.2) is 11.6 Å². The van der Waals surface area contributed by atoms with Gasteiger partial charge in [0, 0.05) is 11.5 Å². The van der Waals surface area contributed by atoms with Crippen LogP contribution in [-0.4, -0.2) is 19.3 Å². The second kappa shape index (κ2) is 13.4. The van der Waals surface area contributed by atoms with Gasteiger partial charge in [0.2, 0.25) is 5.82 Å². The van der Waals surface area contributed by atoms with Crippen molar-refractivity contribution in [2.75, 3.05) is 13.2 Å². The van der Waals surface area contributed by atoms with Crippen LogP contribution in [0.2, 0.25) is 0 Å². The molecule has 2 aliphatic carbocycles. The summed E-state index contributed by atoms with van der Waals surface area (Å²) in [5.74, 6) is 1.99. The van der Waals surface area contributed by atoms with E-state index >= 15 is 0 Å². The van der Waals surface area contributed by atoms with Crippen molar-refractivity contribution in [2.45, 2.75) is 96.5 Å². The molecule has 1 saturated heterocycles. The zero-order valence-electron chi connectivity index (χ0n) is 23.8. The first kappa shape index (κ1) is 28.3. The average Bonchev–Trinajstić information content (AvgIpc) is 2.99. The van der Waals surface area contributed by atoms with Crippen molar-refractivity contribution >= 4 is 0 Å². The third-order valence-electron chi connectivity index (χ3n) is 9.80. The largest absolute Gasteiger partial charge is 0.490 e. The standard InChI is InChI=1S/C35H46F2O2/c1-3-5-24-6-8-25(9-7-24)26-12-16-29(17-13-26)32-20-18-30(23-39-32)27-10-14-28(15-11-27)31-19-21-33(38-22-4-2)35(37)34(31)36/h3,5,10-11,14-15,19,21,24-26,29-30,32H,4,6-9,12-13,16-18,20,22-23H2,1-2H3/b5-3+. The number of halogens is 2. The predicted molar refractivity (Wildman–Crippen MR) is 155 cm³/mol. The molecule has 2 unspecified atom stereocenters. The molecule has 0 bridgehead atoms. The van der Waals surface area contributed by atoms with Crippen LogP contribution in [0, 0.1) is 35.3 Å². The van der Waals surface area contributed by atoms with E-state index in [-0.39, 0.29) is 11.3 Å². The van der Waals surface area contributed by atoms with Crippen LogP contribution in [0.15, 0.2) is 48.6 Å². The number of rotatable bonds is 8. The van der Waals surface area contributed by atoms with Gasteiger partial charge in [0.1, 0.15) is 0 Å². The van der Waals surface area contributed by atoms with Crippen molar-refractivity contribution in [2.24, 2.45) is 23.7 Å². The Balaban J connectivity index is 1.10. The lowest BCUT2D eigenvalue weighted by Crippen LogP contribution is -2.35. The molecule has 1 heterocycles.